The van der Waals surface area contributed by atoms with Gasteiger partial charge in [-0.3, -0.25) is 0 Å². The molecule has 1 aromatic rings. The average molecular weight is 206 g/mol. The van der Waals surface area contributed by atoms with Gasteiger partial charge in [0.25, 0.3) is 0 Å². The third-order valence-electron chi connectivity index (χ3n) is 1.92. The summed E-state index contributed by atoms with van der Waals surface area (Å²) in [5.41, 5.74) is 1.27. The van der Waals surface area contributed by atoms with Crippen LogP contribution >= 0.6 is 0 Å². The van der Waals surface area contributed by atoms with Crippen LogP contribution in [0.1, 0.15) is 22.8 Å². The van der Waals surface area contributed by atoms with Gasteiger partial charge in [-0.2, -0.15) is 0 Å². The Morgan fingerprint density at radius 1 is 1.40 bits per heavy atom. The van der Waals surface area contributed by atoms with Crippen LogP contribution in [-0.2, 0) is 11.3 Å². The molecule has 0 saturated carbocycles. The predicted molar refractivity (Wildman–Crippen MR) is 57.5 cm³/mol. The minimum atomic E-state index is -0.349. The molecule has 0 atom stereocenters. The Kier molecular flexibility index (Phi) is 4.57. The summed E-state index contributed by atoms with van der Waals surface area (Å²) in [6, 6.07) is 6.69. The molecule has 15 heavy (non-hydrogen) atoms. The first-order chi connectivity index (χ1) is 7.27. The summed E-state index contributed by atoms with van der Waals surface area (Å²) in [5, 5.41) is 8.82. The van der Waals surface area contributed by atoms with Crippen molar-refractivity contribution in [3.8, 4) is 0 Å². The Morgan fingerprint density at radius 3 is 2.60 bits per heavy atom. The van der Waals surface area contributed by atoms with Crippen molar-refractivity contribution in [2.24, 2.45) is 0 Å². The lowest BCUT2D eigenvalue weighted by atomic mass is 10.1. The highest BCUT2D eigenvalue weighted by atomic mass is 16.5. The van der Waals surface area contributed by atoms with Crippen molar-refractivity contribution in [3.63, 3.8) is 0 Å². The molecule has 3 nitrogen and oxygen atoms in total. The molecule has 0 bridgehead atoms. The van der Waals surface area contributed by atoms with E-state index in [1.54, 1.807) is 30.3 Å². The summed E-state index contributed by atoms with van der Waals surface area (Å²) in [4.78, 5) is 11.4. The van der Waals surface area contributed by atoms with E-state index in [1.165, 1.54) is 0 Å². The lowest BCUT2D eigenvalue weighted by molar-refractivity contribution is 0.0549. The lowest BCUT2D eigenvalue weighted by Gasteiger charge is -2.02. The topological polar surface area (TPSA) is 46.5 Å². The van der Waals surface area contributed by atoms with E-state index in [9.17, 15) is 4.79 Å². The van der Waals surface area contributed by atoms with E-state index < -0.39 is 0 Å². The number of aliphatic hydroxyl groups excluding tert-OH is 1. The van der Waals surface area contributed by atoms with Crippen LogP contribution in [0.25, 0.3) is 0 Å². The van der Waals surface area contributed by atoms with Crippen molar-refractivity contribution in [1.29, 1.82) is 0 Å². The summed E-state index contributed by atoms with van der Waals surface area (Å²) in [7, 11) is 0. The second-order valence-corrected chi connectivity index (χ2v) is 3.02. The van der Waals surface area contributed by atoms with Crippen molar-refractivity contribution < 1.29 is 14.6 Å². The second kappa shape index (κ2) is 5.98. The zero-order valence-electron chi connectivity index (χ0n) is 8.64. The Balaban J connectivity index is 2.58. The molecular formula is C12H14O3. The number of carbonyl (C=O) groups excluding carboxylic acids is 1. The summed E-state index contributed by atoms with van der Waals surface area (Å²) < 4.78 is 4.95. The smallest absolute Gasteiger partial charge is 0.338 e. The first-order valence-electron chi connectivity index (χ1n) is 4.76. The van der Waals surface area contributed by atoms with Gasteiger partial charge < -0.3 is 9.84 Å². The molecule has 1 aromatic carbocycles. The van der Waals surface area contributed by atoms with Crippen LogP contribution in [0.3, 0.4) is 0 Å². The van der Waals surface area contributed by atoms with Crippen molar-refractivity contribution in [1.82, 2.24) is 0 Å². The quantitative estimate of drug-likeness (QED) is 0.604. The number of allylic oxidation sites excluding steroid dienone is 1. The molecule has 0 aliphatic rings. The lowest BCUT2D eigenvalue weighted by Crippen LogP contribution is -2.05. The zero-order valence-corrected chi connectivity index (χ0v) is 8.64. The molecule has 0 aromatic heterocycles. The van der Waals surface area contributed by atoms with Crippen LogP contribution < -0.4 is 0 Å². The van der Waals surface area contributed by atoms with E-state index in [1.807, 2.05) is 13.0 Å². The molecule has 3 heteroatoms. The molecule has 0 amide bonds. The Bertz CT molecular complexity index is 338. The Morgan fingerprint density at radius 2 is 2.07 bits per heavy atom. The number of carbonyl (C=O) groups is 1. The van der Waals surface area contributed by atoms with Gasteiger partial charge in [0.2, 0.25) is 0 Å². The molecule has 0 radical (unpaired) electrons. The molecule has 0 spiro atoms. The molecule has 80 valence electrons. The summed E-state index contributed by atoms with van der Waals surface area (Å²) in [6.45, 7) is 2.13. The zero-order chi connectivity index (χ0) is 11.1. The molecule has 1 N–H and O–H groups in total. The summed E-state index contributed by atoms with van der Waals surface area (Å²) in [6.07, 6.45) is 3.59. The Hall–Kier alpha value is -1.61. The van der Waals surface area contributed by atoms with Crippen molar-refractivity contribution in [3.05, 3.63) is 47.5 Å². The second-order valence-electron chi connectivity index (χ2n) is 3.02. The van der Waals surface area contributed by atoms with Gasteiger partial charge in [0.1, 0.15) is 6.61 Å². The SMILES string of the molecule is C/C=C/COC(=O)c1ccc(CO)cc1. The number of rotatable bonds is 4. The van der Waals surface area contributed by atoms with Gasteiger partial charge in [-0.05, 0) is 24.6 Å². The molecule has 0 unspecified atom stereocenters. The van der Waals surface area contributed by atoms with Crippen molar-refractivity contribution in [2.75, 3.05) is 6.61 Å². The number of hydrogen-bond acceptors (Lipinski definition) is 3. The monoisotopic (exact) mass is 206 g/mol. The summed E-state index contributed by atoms with van der Waals surface area (Å²) in [5.74, 6) is -0.349. The highest BCUT2D eigenvalue weighted by Gasteiger charge is 2.05. The van der Waals surface area contributed by atoms with Gasteiger partial charge in [0.05, 0.1) is 12.2 Å². The van der Waals surface area contributed by atoms with Crippen molar-refractivity contribution >= 4 is 5.97 Å². The van der Waals surface area contributed by atoms with Gasteiger partial charge >= 0.3 is 5.97 Å². The fourth-order valence-corrected chi connectivity index (χ4v) is 1.05. The average Bonchev–Trinajstić information content (AvgIpc) is 2.29. The van der Waals surface area contributed by atoms with E-state index in [0.29, 0.717) is 5.56 Å². The molecule has 0 aliphatic carbocycles. The normalized spacial score (nSPS) is 10.5. The van der Waals surface area contributed by atoms with E-state index in [4.69, 9.17) is 9.84 Å². The molecule has 0 aliphatic heterocycles. The van der Waals surface area contributed by atoms with Gasteiger partial charge in [-0.15, -0.1) is 0 Å². The maximum Gasteiger partial charge on any atom is 0.338 e. The predicted octanol–water partition coefficient (Wildman–Crippen LogP) is 1.91. The van der Waals surface area contributed by atoms with Crippen LogP contribution in [-0.4, -0.2) is 17.7 Å². The number of aliphatic hydroxyl groups is 1. The minimum absolute atomic E-state index is 0.0199. The first-order valence-corrected chi connectivity index (χ1v) is 4.76. The van der Waals surface area contributed by atoms with E-state index in [0.717, 1.165) is 5.56 Å². The molecule has 1 rings (SSSR count). The van der Waals surface area contributed by atoms with E-state index in [2.05, 4.69) is 0 Å². The standard InChI is InChI=1S/C12H14O3/c1-2-3-8-15-12(14)11-6-4-10(9-13)5-7-11/h2-7,13H,8-9H2,1H3/b3-2+. The Labute approximate surface area is 89.0 Å². The van der Waals surface area contributed by atoms with Crippen LogP contribution in [0.4, 0.5) is 0 Å². The van der Waals surface area contributed by atoms with Gasteiger partial charge in [-0.25, -0.2) is 4.79 Å². The highest BCUT2D eigenvalue weighted by molar-refractivity contribution is 5.89. The van der Waals surface area contributed by atoms with Crippen LogP contribution in [0.15, 0.2) is 36.4 Å². The third-order valence-corrected chi connectivity index (χ3v) is 1.92. The van der Waals surface area contributed by atoms with Gasteiger partial charge in [0, 0.05) is 0 Å². The fourth-order valence-electron chi connectivity index (χ4n) is 1.05. The van der Waals surface area contributed by atoms with Gasteiger partial charge in [-0.1, -0.05) is 24.3 Å². The molecular weight excluding hydrogens is 192 g/mol. The number of esters is 1. The third kappa shape index (κ3) is 3.56. The minimum Gasteiger partial charge on any atom is -0.458 e. The number of ether oxygens (including phenoxy) is 1. The van der Waals surface area contributed by atoms with Crippen LogP contribution in [0.5, 0.6) is 0 Å². The maximum atomic E-state index is 11.4. The van der Waals surface area contributed by atoms with E-state index >= 15 is 0 Å². The van der Waals surface area contributed by atoms with Crippen LogP contribution in [0, 0.1) is 0 Å². The van der Waals surface area contributed by atoms with Gasteiger partial charge in [0.15, 0.2) is 0 Å². The van der Waals surface area contributed by atoms with E-state index in [-0.39, 0.29) is 19.2 Å². The first kappa shape index (κ1) is 11.5. The maximum absolute atomic E-state index is 11.4. The number of hydrogen-bond donors (Lipinski definition) is 1. The molecule has 0 fully saturated rings. The largest absolute Gasteiger partial charge is 0.458 e. The molecule has 0 heterocycles. The van der Waals surface area contributed by atoms with Crippen molar-refractivity contribution in [2.45, 2.75) is 13.5 Å². The number of benzene rings is 1. The highest BCUT2D eigenvalue weighted by Crippen LogP contribution is 2.05. The fraction of sp³-hybridized carbons (Fsp3) is 0.250. The summed E-state index contributed by atoms with van der Waals surface area (Å²) >= 11 is 0. The van der Waals surface area contributed by atoms with Crippen LogP contribution in [0.2, 0.25) is 0 Å². The molecule has 0 saturated heterocycles.